The van der Waals surface area contributed by atoms with E-state index >= 15 is 8.78 Å². The number of carbonyl (C=O) groups is 5. The summed E-state index contributed by atoms with van der Waals surface area (Å²) in [6.07, 6.45) is 9.75. The largest absolute Gasteiger partial charge is 0.373 e. The highest BCUT2D eigenvalue weighted by atomic mass is 32.1. The molecule has 17 nitrogen and oxygen atoms in total. The van der Waals surface area contributed by atoms with Gasteiger partial charge in [0.25, 0.3) is 0 Å². The molecular formula is C57H84F2N12O5S. The summed E-state index contributed by atoms with van der Waals surface area (Å²) in [7, 11) is 3.67. The highest BCUT2D eigenvalue weighted by molar-refractivity contribution is 7.13. The summed E-state index contributed by atoms with van der Waals surface area (Å²) in [5.41, 5.74) is 4.46. The molecule has 3 fully saturated rings. The van der Waals surface area contributed by atoms with E-state index in [2.05, 4.69) is 86.3 Å². The smallest absolute Gasteiger partial charge is 0.226 e. The molecule has 3 atom stereocenters. The lowest BCUT2D eigenvalue weighted by Gasteiger charge is -2.45. The Kier molecular flexibility index (Phi) is 23.3. The van der Waals surface area contributed by atoms with Crippen LogP contribution in [0.15, 0.2) is 54.3 Å². The molecule has 0 spiro atoms. The number of aldehydes is 1. The normalized spacial score (nSPS) is 17.8. The predicted octanol–water partition coefficient (Wildman–Crippen LogP) is 7.66. The Morgan fingerprint density at radius 1 is 0.935 bits per heavy atom. The van der Waals surface area contributed by atoms with Crippen molar-refractivity contribution < 1.29 is 32.8 Å². The number of piperidine rings is 2. The summed E-state index contributed by atoms with van der Waals surface area (Å²) >= 11 is 1.64. The minimum Gasteiger partial charge on any atom is -0.373 e. The van der Waals surface area contributed by atoms with Crippen molar-refractivity contribution in [2.45, 2.75) is 137 Å². The van der Waals surface area contributed by atoms with Crippen molar-refractivity contribution in [3.63, 3.8) is 0 Å². The molecule has 20 heteroatoms. The van der Waals surface area contributed by atoms with Crippen LogP contribution < -0.4 is 36.4 Å². The third-order valence-corrected chi connectivity index (χ3v) is 16.6. The fraction of sp³-hybridized carbons (Fsp3) is 0.579. The second-order valence-corrected chi connectivity index (χ2v) is 22.9. The number of nitrogens with one attached hydrogen (secondary N) is 5. The molecule has 2 aromatic carbocycles. The fourth-order valence-electron chi connectivity index (χ4n) is 9.63. The number of halogens is 2. The summed E-state index contributed by atoms with van der Waals surface area (Å²) in [6, 6.07) is 13.1. The number of amides is 4. The number of nitrogens with zero attached hydrogens (tertiary/aromatic N) is 7. The molecule has 0 radical (unpaired) electrons. The topological polar surface area (TPSA) is 197 Å². The van der Waals surface area contributed by atoms with Gasteiger partial charge in [0.15, 0.2) is 0 Å². The molecular weight excluding hydrogens is 1000 g/mol. The first-order valence-corrected chi connectivity index (χ1v) is 27.9. The number of thiazole rings is 1. The van der Waals surface area contributed by atoms with Crippen LogP contribution in [0.1, 0.15) is 123 Å². The molecule has 7 rings (SSSR count). The van der Waals surface area contributed by atoms with E-state index < -0.39 is 22.6 Å². The third-order valence-electron chi connectivity index (χ3n) is 15.6. The number of aryl methyl sites for hydroxylation is 1. The number of carbonyl (C=O) groups excluding carboxylic acids is 5. The molecule has 3 unspecified atom stereocenters. The van der Waals surface area contributed by atoms with E-state index in [4.69, 9.17) is 0 Å². The molecule has 4 amide bonds. The first-order chi connectivity index (χ1) is 36.7. The van der Waals surface area contributed by atoms with Crippen molar-refractivity contribution in [2.24, 2.45) is 10.8 Å². The van der Waals surface area contributed by atoms with Crippen molar-refractivity contribution in [1.29, 1.82) is 0 Å². The maximum Gasteiger partial charge on any atom is 0.226 e. The molecule has 77 heavy (non-hydrogen) atoms. The average Bonchev–Trinajstić information content (AvgIpc) is 4.06. The summed E-state index contributed by atoms with van der Waals surface area (Å²) in [5, 5.41) is 15.2. The van der Waals surface area contributed by atoms with Crippen LogP contribution >= 0.6 is 11.3 Å². The number of benzene rings is 2. The van der Waals surface area contributed by atoms with Crippen LogP contribution in [-0.4, -0.2) is 140 Å². The Morgan fingerprint density at radius 2 is 1.64 bits per heavy atom. The van der Waals surface area contributed by atoms with Gasteiger partial charge in [-0.3, -0.25) is 24.1 Å². The van der Waals surface area contributed by atoms with E-state index in [1.807, 2.05) is 68.3 Å². The van der Waals surface area contributed by atoms with E-state index in [-0.39, 0.29) is 53.7 Å². The number of likely N-dealkylation sites (N-methyl/N-ethyl adjacent to an activating group) is 1. The van der Waals surface area contributed by atoms with Crippen molar-refractivity contribution in [1.82, 2.24) is 46.0 Å². The van der Waals surface area contributed by atoms with Crippen LogP contribution in [0, 0.1) is 29.4 Å². The fourth-order valence-corrected chi connectivity index (χ4v) is 10.4. The van der Waals surface area contributed by atoms with Gasteiger partial charge in [0.2, 0.25) is 24.6 Å². The Labute approximate surface area is 459 Å². The Bertz CT molecular complexity index is 2530. The Hall–Kier alpha value is -6.12. The van der Waals surface area contributed by atoms with E-state index in [9.17, 15) is 24.0 Å². The van der Waals surface area contributed by atoms with Crippen molar-refractivity contribution >= 4 is 59.6 Å². The molecule has 3 aliphatic heterocycles. The molecule has 5 N–H and O–H groups in total. The maximum atomic E-state index is 15.8. The van der Waals surface area contributed by atoms with Crippen LogP contribution in [0.3, 0.4) is 0 Å². The summed E-state index contributed by atoms with van der Waals surface area (Å²) < 4.78 is 31.4. The van der Waals surface area contributed by atoms with E-state index in [0.29, 0.717) is 83.8 Å². The van der Waals surface area contributed by atoms with Crippen molar-refractivity contribution in [3.8, 4) is 10.4 Å². The Balaban J connectivity index is 0.000000353. The Morgan fingerprint density at radius 3 is 2.19 bits per heavy atom. The number of rotatable bonds is 21. The molecule has 3 aliphatic rings. The quantitative estimate of drug-likeness (QED) is 0.0403. The highest BCUT2D eigenvalue weighted by Crippen LogP contribution is 2.35. The maximum absolute atomic E-state index is 15.8. The van der Waals surface area contributed by atoms with Crippen molar-refractivity contribution in [2.75, 3.05) is 81.6 Å². The zero-order chi connectivity index (χ0) is 56.3. The van der Waals surface area contributed by atoms with Crippen LogP contribution in [-0.2, 0) is 30.5 Å². The van der Waals surface area contributed by atoms with Gasteiger partial charge in [-0.15, -0.1) is 11.3 Å². The van der Waals surface area contributed by atoms with Gasteiger partial charge < -0.3 is 46.1 Å². The van der Waals surface area contributed by atoms with Gasteiger partial charge in [0.1, 0.15) is 35.9 Å². The molecule has 4 aromatic rings. The lowest BCUT2D eigenvalue weighted by molar-refractivity contribution is -0.133. The first kappa shape index (κ1) is 61.7. The lowest BCUT2D eigenvalue weighted by atomic mass is 9.79. The third kappa shape index (κ3) is 17.7. The zero-order valence-electron chi connectivity index (χ0n) is 47.0. The van der Waals surface area contributed by atoms with Crippen molar-refractivity contribution in [3.05, 3.63) is 82.8 Å². The molecule has 0 aliphatic carbocycles. The molecule has 2 aromatic heterocycles. The minimum atomic E-state index is -0.578. The number of aromatic nitrogens is 3. The van der Waals surface area contributed by atoms with Gasteiger partial charge >= 0.3 is 0 Å². The number of anilines is 3. The number of hydrogen-bond acceptors (Lipinski definition) is 14. The second-order valence-electron chi connectivity index (χ2n) is 22.1. The van der Waals surface area contributed by atoms with E-state index in [1.165, 1.54) is 41.7 Å². The zero-order valence-corrected chi connectivity index (χ0v) is 47.8. The number of hydrogen-bond donors (Lipinski definition) is 5. The lowest BCUT2D eigenvalue weighted by Crippen LogP contribution is -2.58. The van der Waals surface area contributed by atoms with E-state index in [0.717, 1.165) is 48.5 Å². The summed E-state index contributed by atoms with van der Waals surface area (Å²) in [5.74, 6) is 0.368. The number of likely N-dealkylation sites (tertiary alicyclic amines) is 2. The van der Waals surface area contributed by atoms with Crippen LogP contribution in [0.25, 0.3) is 10.4 Å². The predicted molar refractivity (Wildman–Crippen MR) is 303 cm³/mol. The standard InChI is InChI=1S/C38H59F2N9O3.C13H14N2OS.C6H11NO/c1-27(36(2,3)4)46-34(51)9-8-14-43-35(52)37(5)10-15-47(16-11-37)24-28-21-30(40)31(22-29(28)39)49(19-20-50)25-38(42-7)12-17-48(18-13-38)33-23-32(41-6)44-26-45-33;1-9(14-7-16)11-3-5-12(6-4-11)13-10(2)15-8-17-13;1-6-3-2-4-7(6)5-8/h20-23,26-27,42H,8-19,24-25H2,1-7H3,(H,43,52)(H,46,51)(H,41,44,45);3-9H,1-2H3,(H,14,16);5-6H,2-4H2,1H3. The molecule has 5 heterocycles. The van der Waals surface area contributed by atoms with E-state index in [1.54, 1.807) is 23.3 Å². The monoisotopic (exact) mass is 1090 g/mol. The summed E-state index contributed by atoms with van der Waals surface area (Å²) in [4.78, 5) is 79.4. The van der Waals surface area contributed by atoms with Gasteiger partial charge in [0, 0.05) is 93.5 Å². The van der Waals surface area contributed by atoms with Gasteiger partial charge in [-0.2, -0.15) is 0 Å². The molecule has 3 saturated heterocycles. The average molecular weight is 1090 g/mol. The van der Waals surface area contributed by atoms with Gasteiger partial charge in [-0.1, -0.05) is 52.0 Å². The SMILES string of the molecule is CC1CCCN1C=O.CNc1cc(N2CCC(CN(CC=O)c3cc(F)c(CN4CCC(C)(C(=O)NCCCC(=O)NC(C)C(C)(C)C)CC4)cc3F)(NC)CC2)ncn1.Cc1ncsc1-c1ccc(C(C)NC=O)cc1. The highest BCUT2D eigenvalue weighted by Gasteiger charge is 2.38. The molecule has 0 bridgehead atoms. The van der Waals surface area contributed by atoms with Gasteiger partial charge in [-0.25, -0.2) is 23.7 Å². The first-order valence-electron chi connectivity index (χ1n) is 27.0. The summed E-state index contributed by atoms with van der Waals surface area (Å²) in [6.45, 7) is 20.6. The van der Waals surface area contributed by atoms with Crippen LogP contribution in [0.5, 0.6) is 0 Å². The van der Waals surface area contributed by atoms with Crippen LogP contribution in [0.2, 0.25) is 0 Å². The second kappa shape index (κ2) is 29.0. The minimum absolute atomic E-state index is 0.0223. The van der Waals surface area contributed by atoms with Crippen LogP contribution in [0.4, 0.5) is 26.1 Å². The van der Waals surface area contributed by atoms with Gasteiger partial charge in [-0.05, 0) is 115 Å². The van der Waals surface area contributed by atoms with Gasteiger partial charge in [0.05, 0.1) is 34.4 Å². The molecule has 422 valence electrons. The molecule has 0 saturated carbocycles.